The van der Waals surface area contributed by atoms with Crippen LogP contribution in [0.15, 0.2) is 42.6 Å². The van der Waals surface area contributed by atoms with Crippen molar-refractivity contribution in [2.45, 2.75) is 34.6 Å². The number of benzene rings is 1. The summed E-state index contributed by atoms with van der Waals surface area (Å²) in [6.07, 6.45) is 1.58. The first-order valence-corrected chi connectivity index (χ1v) is 8.69. The number of pyridine rings is 1. The molecule has 2 heterocycles. The number of fused-ring (bicyclic) bond motifs is 1. The van der Waals surface area contributed by atoms with Gasteiger partial charge in [0.25, 0.3) is 5.91 Å². The predicted octanol–water partition coefficient (Wildman–Crippen LogP) is 4.65. The molecule has 0 atom stereocenters. The van der Waals surface area contributed by atoms with Crippen molar-refractivity contribution in [2.75, 3.05) is 11.1 Å². The number of H-pyrrole nitrogens is 1. The molecule has 0 spiro atoms. The summed E-state index contributed by atoms with van der Waals surface area (Å²) in [5.74, 6) is 0.0984. The van der Waals surface area contributed by atoms with Crippen molar-refractivity contribution < 1.29 is 9.59 Å². The molecule has 0 saturated carbocycles. The number of nitrogen functional groups attached to an aromatic ring is 1. The van der Waals surface area contributed by atoms with E-state index in [9.17, 15) is 9.59 Å². The molecule has 4 N–H and O–H groups in total. The lowest BCUT2D eigenvalue weighted by molar-refractivity contribution is 0.101. The summed E-state index contributed by atoms with van der Waals surface area (Å²) in [6, 6.07) is 10.1. The minimum absolute atomic E-state index is 0.0522. The van der Waals surface area contributed by atoms with Crippen LogP contribution >= 0.6 is 0 Å². The SMILES string of the molecule is CC.CC.CC(=O)c1cc2cc(NC(=O)c3ccc(N)cc3)ncc2[nH]1. The van der Waals surface area contributed by atoms with Crippen LogP contribution in [-0.2, 0) is 0 Å². The van der Waals surface area contributed by atoms with Gasteiger partial charge in [-0.25, -0.2) is 4.98 Å². The van der Waals surface area contributed by atoms with E-state index in [-0.39, 0.29) is 11.7 Å². The third-order valence-corrected chi connectivity index (χ3v) is 3.30. The second-order valence-electron chi connectivity index (χ2n) is 4.97. The molecule has 0 unspecified atom stereocenters. The number of nitrogens with zero attached hydrogens (tertiary/aromatic N) is 1. The second kappa shape index (κ2) is 9.98. The monoisotopic (exact) mass is 354 g/mol. The summed E-state index contributed by atoms with van der Waals surface area (Å²) in [5, 5.41) is 3.53. The van der Waals surface area contributed by atoms with Crippen molar-refractivity contribution in [3.63, 3.8) is 0 Å². The van der Waals surface area contributed by atoms with Gasteiger partial charge in [0.2, 0.25) is 0 Å². The minimum atomic E-state index is -0.269. The number of nitrogens with two attached hydrogens (primary N) is 1. The highest BCUT2D eigenvalue weighted by Gasteiger charge is 2.09. The number of ketones is 1. The average Bonchev–Trinajstić information content (AvgIpc) is 3.09. The van der Waals surface area contributed by atoms with Crippen molar-refractivity contribution in [1.29, 1.82) is 0 Å². The molecular weight excluding hydrogens is 328 g/mol. The first kappa shape index (κ1) is 20.9. The molecule has 1 amide bonds. The number of hydrogen-bond donors (Lipinski definition) is 3. The van der Waals surface area contributed by atoms with Gasteiger partial charge < -0.3 is 16.0 Å². The lowest BCUT2D eigenvalue weighted by Crippen LogP contribution is -2.12. The maximum Gasteiger partial charge on any atom is 0.256 e. The normalized spacial score (nSPS) is 9.42. The summed E-state index contributed by atoms with van der Waals surface area (Å²) >= 11 is 0. The van der Waals surface area contributed by atoms with E-state index >= 15 is 0 Å². The van der Waals surface area contributed by atoms with Crippen LogP contribution in [0.1, 0.15) is 55.5 Å². The zero-order chi connectivity index (χ0) is 19.7. The van der Waals surface area contributed by atoms with Gasteiger partial charge >= 0.3 is 0 Å². The van der Waals surface area contributed by atoms with E-state index in [1.807, 2.05) is 27.7 Å². The zero-order valence-corrected chi connectivity index (χ0v) is 15.9. The molecule has 0 fully saturated rings. The van der Waals surface area contributed by atoms with Gasteiger partial charge in [-0.2, -0.15) is 0 Å². The summed E-state index contributed by atoms with van der Waals surface area (Å²) in [6.45, 7) is 9.49. The molecule has 3 rings (SSSR count). The van der Waals surface area contributed by atoms with Gasteiger partial charge in [0.15, 0.2) is 5.78 Å². The topological polar surface area (TPSA) is 101 Å². The van der Waals surface area contributed by atoms with Crippen LogP contribution in [0.25, 0.3) is 10.9 Å². The molecule has 6 nitrogen and oxygen atoms in total. The first-order valence-electron chi connectivity index (χ1n) is 8.69. The maximum absolute atomic E-state index is 12.1. The highest BCUT2D eigenvalue weighted by atomic mass is 16.1. The third-order valence-electron chi connectivity index (χ3n) is 3.30. The van der Waals surface area contributed by atoms with Gasteiger partial charge in [-0.1, -0.05) is 27.7 Å². The van der Waals surface area contributed by atoms with E-state index in [0.717, 1.165) is 10.9 Å². The fraction of sp³-hybridized carbons (Fsp3) is 0.250. The molecule has 26 heavy (non-hydrogen) atoms. The molecule has 3 aromatic rings. The highest BCUT2D eigenvalue weighted by molar-refractivity contribution is 6.05. The minimum Gasteiger partial charge on any atom is -0.399 e. The fourth-order valence-electron chi connectivity index (χ4n) is 2.11. The van der Waals surface area contributed by atoms with E-state index in [4.69, 9.17) is 5.73 Å². The smallest absolute Gasteiger partial charge is 0.256 e. The predicted molar refractivity (Wildman–Crippen MR) is 108 cm³/mol. The molecule has 0 saturated heterocycles. The third kappa shape index (κ3) is 5.17. The van der Waals surface area contributed by atoms with Gasteiger partial charge in [-0.15, -0.1) is 0 Å². The second-order valence-corrected chi connectivity index (χ2v) is 4.97. The van der Waals surface area contributed by atoms with Crippen LogP contribution < -0.4 is 11.1 Å². The number of hydrogen-bond acceptors (Lipinski definition) is 4. The average molecular weight is 354 g/mol. The number of carbonyl (C=O) groups is 2. The molecule has 0 aliphatic carbocycles. The Morgan fingerprint density at radius 3 is 2.23 bits per heavy atom. The van der Waals surface area contributed by atoms with E-state index in [0.29, 0.717) is 22.8 Å². The fourth-order valence-corrected chi connectivity index (χ4v) is 2.11. The molecule has 0 aliphatic rings. The lowest BCUT2D eigenvalue weighted by Gasteiger charge is -2.04. The van der Waals surface area contributed by atoms with Crippen LogP contribution in [0.4, 0.5) is 11.5 Å². The van der Waals surface area contributed by atoms with Crippen LogP contribution in [0.2, 0.25) is 0 Å². The van der Waals surface area contributed by atoms with Crippen LogP contribution in [0.5, 0.6) is 0 Å². The molecule has 0 aliphatic heterocycles. The number of carbonyl (C=O) groups excluding carboxylic acids is 2. The van der Waals surface area contributed by atoms with Crippen molar-refractivity contribution in [1.82, 2.24) is 9.97 Å². The van der Waals surface area contributed by atoms with Crippen molar-refractivity contribution in [3.8, 4) is 0 Å². The van der Waals surface area contributed by atoms with E-state index in [1.54, 1.807) is 42.6 Å². The Labute approximate surface area is 153 Å². The molecule has 6 heteroatoms. The molecular formula is C20H26N4O2. The van der Waals surface area contributed by atoms with Crippen LogP contribution in [0, 0.1) is 0 Å². The summed E-state index contributed by atoms with van der Waals surface area (Å²) in [7, 11) is 0. The van der Waals surface area contributed by atoms with Crippen LogP contribution in [-0.4, -0.2) is 21.7 Å². The molecule has 1 aromatic carbocycles. The maximum atomic E-state index is 12.1. The van der Waals surface area contributed by atoms with Crippen molar-refractivity contribution in [3.05, 3.63) is 53.9 Å². The zero-order valence-electron chi connectivity index (χ0n) is 15.9. The summed E-state index contributed by atoms with van der Waals surface area (Å²) in [4.78, 5) is 30.6. The van der Waals surface area contributed by atoms with E-state index in [2.05, 4.69) is 15.3 Å². The molecule has 0 radical (unpaired) electrons. The molecule has 2 aromatic heterocycles. The van der Waals surface area contributed by atoms with Gasteiger partial charge in [0.05, 0.1) is 17.4 Å². The summed E-state index contributed by atoms with van der Waals surface area (Å²) in [5.41, 5.74) is 7.94. The highest BCUT2D eigenvalue weighted by Crippen LogP contribution is 2.18. The number of anilines is 2. The van der Waals surface area contributed by atoms with Crippen molar-refractivity contribution >= 4 is 34.1 Å². The van der Waals surface area contributed by atoms with Gasteiger partial charge in [0, 0.05) is 23.6 Å². The number of amides is 1. The Morgan fingerprint density at radius 1 is 1.04 bits per heavy atom. The quantitative estimate of drug-likeness (QED) is 0.470. The summed E-state index contributed by atoms with van der Waals surface area (Å²) < 4.78 is 0. The van der Waals surface area contributed by atoms with Gasteiger partial charge in [-0.3, -0.25) is 9.59 Å². The largest absolute Gasteiger partial charge is 0.399 e. The van der Waals surface area contributed by atoms with Gasteiger partial charge in [0.1, 0.15) is 5.82 Å². The molecule has 0 bridgehead atoms. The Bertz CT molecular complexity index is 867. The molecule has 138 valence electrons. The first-order chi connectivity index (χ1) is 12.5. The number of nitrogens with one attached hydrogen (secondary N) is 2. The standard InChI is InChI=1S/C16H14N4O2.2C2H6/c1-9(21)13-6-11-7-15(18-8-14(11)19-13)20-16(22)10-2-4-12(17)5-3-10;2*1-2/h2-8,19H,17H2,1H3,(H,18,20,22);2*1-2H3. The van der Waals surface area contributed by atoms with E-state index in [1.165, 1.54) is 6.92 Å². The number of aromatic amines is 1. The lowest BCUT2D eigenvalue weighted by atomic mass is 10.2. The van der Waals surface area contributed by atoms with Crippen molar-refractivity contribution in [2.24, 2.45) is 0 Å². The van der Waals surface area contributed by atoms with Gasteiger partial charge in [-0.05, 0) is 36.4 Å². The Balaban J connectivity index is 0.000000791. The number of aromatic nitrogens is 2. The Morgan fingerprint density at radius 2 is 1.65 bits per heavy atom. The van der Waals surface area contributed by atoms with E-state index < -0.39 is 0 Å². The van der Waals surface area contributed by atoms with Crippen LogP contribution in [0.3, 0.4) is 0 Å². The Hall–Kier alpha value is -3.15. The number of Topliss-reactive ketones (excluding diaryl/α,β-unsaturated/α-hetero) is 1. The Kier molecular flexibility index (Phi) is 8.02. The number of rotatable bonds is 3.